The lowest BCUT2D eigenvalue weighted by Crippen LogP contribution is -2.49. The molecule has 1 aliphatic rings. The van der Waals surface area contributed by atoms with Gasteiger partial charge in [-0.2, -0.15) is 0 Å². The summed E-state index contributed by atoms with van der Waals surface area (Å²) in [6, 6.07) is 14.4. The summed E-state index contributed by atoms with van der Waals surface area (Å²) in [4.78, 5) is 31.5. The largest absolute Gasteiger partial charge is 0.456 e. The summed E-state index contributed by atoms with van der Waals surface area (Å²) < 4.78 is 18.3. The third-order valence-corrected chi connectivity index (χ3v) is 5.68. The first-order chi connectivity index (χ1) is 15.1. The van der Waals surface area contributed by atoms with E-state index >= 15 is 0 Å². The molecule has 0 radical (unpaired) electrons. The summed E-state index contributed by atoms with van der Waals surface area (Å²) in [6.45, 7) is 2.21. The van der Waals surface area contributed by atoms with Crippen LogP contribution in [0.3, 0.4) is 0 Å². The van der Waals surface area contributed by atoms with E-state index in [2.05, 4.69) is 16.0 Å². The fraction of sp³-hybridized carbons (Fsp3) is 0.333. The van der Waals surface area contributed by atoms with Crippen molar-refractivity contribution in [3.05, 3.63) is 66.1 Å². The lowest BCUT2D eigenvalue weighted by atomic mass is 10.1. The van der Waals surface area contributed by atoms with E-state index in [1.54, 1.807) is 17.0 Å². The molecule has 1 fully saturated rings. The number of amides is 1. The van der Waals surface area contributed by atoms with Crippen molar-refractivity contribution >= 4 is 28.5 Å². The van der Waals surface area contributed by atoms with Gasteiger partial charge < -0.3 is 19.5 Å². The smallest absolute Gasteiger partial charge is 0.306 e. The van der Waals surface area contributed by atoms with Crippen LogP contribution in [0.2, 0.25) is 0 Å². The molecule has 1 saturated heterocycles. The van der Waals surface area contributed by atoms with Gasteiger partial charge in [-0.3, -0.25) is 9.59 Å². The maximum Gasteiger partial charge on any atom is 0.306 e. The summed E-state index contributed by atoms with van der Waals surface area (Å²) in [5, 5.41) is 1.17. The summed E-state index contributed by atoms with van der Waals surface area (Å²) in [5.41, 5.74) is 3.21. The molecule has 7 heteroatoms. The predicted octanol–water partition coefficient (Wildman–Crippen LogP) is 3.52. The second-order valence-electron chi connectivity index (χ2n) is 7.72. The van der Waals surface area contributed by atoms with Gasteiger partial charge in [0.2, 0.25) is 0 Å². The SMILES string of the molecule is O=C(CCCc1c[nH]c2ccccc12)OCC(=O)N1CCN(c2ccc(F)cc2)CC1. The first-order valence-electron chi connectivity index (χ1n) is 10.6. The van der Waals surface area contributed by atoms with E-state index in [1.165, 1.54) is 23.1 Å². The van der Waals surface area contributed by atoms with Crippen LogP contribution in [0, 0.1) is 5.82 Å². The Morgan fingerprint density at radius 2 is 1.74 bits per heavy atom. The number of anilines is 1. The van der Waals surface area contributed by atoms with Crippen molar-refractivity contribution in [1.82, 2.24) is 9.88 Å². The molecule has 0 bridgehead atoms. The van der Waals surface area contributed by atoms with Gasteiger partial charge in [0.1, 0.15) is 5.82 Å². The van der Waals surface area contributed by atoms with Crippen molar-refractivity contribution in [3.8, 4) is 0 Å². The Morgan fingerprint density at radius 1 is 1.00 bits per heavy atom. The van der Waals surface area contributed by atoms with Crippen LogP contribution in [0.4, 0.5) is 10.1 Å². The van der Waals surface area contributed by atoms with Crippen molar-refractivity contribution in [3.63, 3.8) is 0 Å². The number of benzene rings is 2. The number of para-hydroxylation sites is 1. The molecule has 1 N–H and O–H groups in total. The Hall–Kier alpha value is -3.35. The molecule has 0 spiro atoms. The summed E-state index contributed by atoms with van der Waals surface area (Å²) in [7, 11) is 0. The average Bonchev–Trinajstić information content (AvgIpc) is 3.21. The molecule has 0 atom stereocenters. The lowest BCUT2D eigenvalue weighted by Gasteiger charge is -2.36. The number of aryl methyl sites for hydroxylation is 1. The zero-order chi connectivity index (χ0) is 21.6. The Morgan fingerprint density at radius 3 is 2.52 bits per heavy atom. The molecule has 3 aromatic rings. The number of rotatable bonds is 7. The summed E-state index contributed by atoms with van der Waals surface area (Å²) >= 11 is 0. The minimum atomic E-state index is -0.349. The van der Waals surface area contributed by atoms with Gasteiger partial charge in [-0.25, -0.2) is 4.39 Å². The van der Waals surface area contributed by atoms with Crippen molar-refractivity contribution < 1.29 is 18.7 Å². The first kappa shape index (κ1) is 20.9. The number of hydrogen-bond acceptors (Lipinski definition) is 4. The van der Waals surface area contributed by atoms with Crippen molar-refractivity contribution in [2.75, 3.05) is 37.7 Å². The summed E-state index contributed by atoms with van der Waals surface area (Å²) in [5.74, 6) is -0.789. The third kappa shape index (κ3) is 5.23. The molecule has 1 amide bonds. The number of nitrogens with zero attached hydrogens (tertiary/aromatic N) is 2. The zero-order valence-corrected chi connectivity index (χ0v) is 17.4. The molecular weight excluding hydrogens is 397 g/mol. The number of fused-ring (bicyclic) bond motifs is 1. The molecule has 1 aliphatic heterocycles. The average molecular weight is 423 g/mol. The van der Waals surface area contributed by atoms with Crippen LogP contribution >= 0.6 is 0 Å². The monoisotopic (exact) mass is 423 g/mol. The van der Waals surface area contributed by atoms with Crippen molar-refractivity contribution in [1.29, 1.82) is 0 Å². The summed E-state index contributed by atoms with van der Waals surface area (Å²) in [6.07, 6.45) is 3.71. The van der Waals surface area contributed by atoms with Crippen LogP contribution in [-0.2, 0) is 20.7 Å². The maximum absolute atomic E-state index is 13.1. The van der Waals surface area contributed by atoms with Crippen molar-refractivity contribution in [2.45, 2.75) is 19.3 Å². The number of ether oxygens (including phenoxy) is 1. The minimum Gasteiger partial charge on any atom is -0.456 e. The van der Waals surface area contributed by atoms with E-state index in [0.29, 0.717) is 32.6 Å². The Labute approximate surface area is 180 Å². The van der Waals surface area contributed by atoms with Gasteiger partial charge in [0.05, 0.1) is 0 Å². The molecule has 2 heterocycles. The second-order valence-corrected chi connectivity index (χ2v) is 7.72. The Kier molecular flexibility index (Phi) is 6.50. The van der Waals surface area contributed by atoms with Crippen LogP contribution in [0.1, 0.15) is 18.4 Å². The van der Waals surface area contributed by atoms with Crippen LogP contribution in [0.5, 0.6) is 0 Å². The number of carbonyl (C=O) groups excluding carboxylic acids is 2. The van der Waals surface area contributed by atoms with E-state index in [4.69, 9.17) is 4.74 Å². The van der Waals surface area contributed by atoms with Crippen LogP contribution < -0.4 is 4.90 Å². The number of halogens is 1. The molecule has 162 valence electrons. The highest BCUT2D eigenvalue weighted by molar-refractivity contribution is 5.83. The predicted molar refractivity (Wildman–Crippen MR) is 117 cm³/mol. The number of H-pyrrole nitrogens is 1. The van der Waals surface area contributed by atoms with E-state index in [9.17, 15) is 14.0 Å². The van der Waals surface area contributed by atoms with E-state index < -0.39 is 0 Å². The highest BCUT2D eigenvalue weighted by Crippen LogP contribution is 2.20. The molecule has 6 nitrogen and oxygen atoms in total. The Balaban J connectivity index is 1.16. The minimum absolute atomic E-state index is 0.177. The molecule has 4 rings (SSSR count). The van der Waals surface area contributed by atoms with Crippen LogP contribution in [0.25, 0.3) is 10.9 Å². The number of aromatic nitrogens is 1. The zero-order valence-electron chi connectivity index (χ0n) is 17.4. The first-order valence-corrected chi connectivity index (χ1v) is 10.6. The molecule has 1 aromatic heterocycles. The Bertz CT molecular complexity index is 1040. The van der Waals surface area contributed by atoms with E-state index in [0.717, 1.165) is 17.6 Å². The van der Waals surface area contributed by atoms with Gasteiger partial charge in [0.15, 0.2) is 6.61 Å². The van der Waals surface area contributed by atoms with Crippen LogP contribution in [-0.4, -0.2) is 54.5 Å². The van der Waals surface area contributed by atoms with Gasteiger partial charge in [-0.05, 0) is 48.7 Å². The number of aromatic amines is 1. The van der Waals surface area contributed by atoms with E-state index in [1.807, 2.05) is 24.4 Å². The van der Waals surface area contributed by atoms with Gasteiger partial charge >= 0.3 is 5.97 Å². The number of esters is 1. The number of carbonyl (C=O) groups is 2. The van der Waals surface area contributed by atoms with Gasteiger partial charge in [-0.15, -0.1) is 0 Å². The fourth-order valence-electron chi connectivity index (χ4n) is 3.93. The molecule has 0 saturated carbocycles. The lowest BCUT2D eigenvalue weighted by molar-refractivity contribution is -0.152. The second kappa shape index (κ2) is 9.64. The maximum atomic E-state index is 13.1. The quantitative estimate of drug-likeness (QED) is 0.591. The molecule has 0 unspecified atom stereocenters. The van der Waals surface area contributed by atoms with Gasteiger partial charge in [-0.1, -0.05) is 18.2 Å². The van der Waals surface area contributed by atoms with Gasteiger partial charge in [0, 0.05) is 55.4 Å². The molecular formula is C24H26FN3O3. The molecule has 31 heavy (non-hydrogen) atoms. The highest BCUT2D eigenvalue weighted by Gasteiger charge is 2.22. The number of hydrogen-bond donors (Lipinski definition) is 1. The highest BCUT2D eigenvalue weighted by atomic mass is 19.1. The molecule has 0 aliphatic carbocycles. The van der Waals surface area contributed by atoms with Crippen LogP contribution in [0.15, 0.2) is 54.7 Å². The van der Waals surface area contributed by atoms with Crippen molar-refractivity contribution in [2.24, 2.45) is 0 Å². The number of piperazine rings is 1. The van der Waals surface area contributed by atoms with E-state index in [-0.39, 0.29) is 30.7 Å². The normalized spacial score (nSPS) is 14.1. The molecule has 2 aromatic carbocycles. The number of nitrogens with one attached hydrogen (secondary N) is 1. The van der Waals surface area contributed by atoms with Gasteiger partial charge in [0.25, 0.3) is 5.91 Å². The topological polar surface area (TPSA) is 65.6 Å². The fourth-order valence-corrected chi connectivity index (χ4v) is 3.93. The standard InChI is InChI=1S/C24H26FN3O3/c25-19-8-10-20(11-9-19)27-12-14-28(15-13-27)23(29)17-31-24(30)7-3-4-18-16-26-22-6-2-1-5-21(18)22/h1-2,5-6,8-11,16,26H,3-4,7,12-15,17H2. The third-order valence-electron chi connectivity index (χ3n) is 5.68.